The molecule has 0 N–H and O–H groups in total. The average Bonchev–Trinajstić information content (AvgIpc) is 3.44. The Morgan fingerprint density at radius 3 is 0.731 bits per heavy atom. The highest BCUT2D eigenvalue weighted by Gasteiger charge is 2.17. The van der Waals surface area contributed by atoms with Crippen LogP contribution in [0.5, 0.6) is 0 Å². The summed E-state index contributed by atoms with van der Waals surface area (Å²) in [6.07, 6.45) is 7.52. The highest BCUT2D eigenvalue weighted by molar-refractivity contribution is 4.66. The third-order valence-electron chi connectivity index (χ3n) is 9.00. The fourth-order valence-electron chi connectivity index (χ4n) is 5.11. The van der Waals surface area contributed by atoms with Crippen LogP contribution in [0, 0.1) is 5.41 Å². The summed E-state index contributed by atoms with van der Waals surface area (Å²) in [6, 6.07) is 0. The minimum Gasteiger partial charge on any atom is -0.382 e. The summed E-state index contributed by atoms with van der Waals surface area (Å²) in [7, 11) is 0. The first kappa shape index (κ1) is 93.7. The standard InChI is InChI=1S/C10H22O2.C9H20O2.C8H18O3.C8H18O2.2C7H16O2.2C6H14O2/c1-3-11-9-7-5-6-8-10-12-4-2;1-5-10-7-9(3,4)8-11-6-2;1-3-9-5-7-11-8-6-10-4-2;1-4-6-10-8(3)7-9-5-2;1-4-8-6-7(3)9-5-2;1-3-8-6-5-7-9-4-2;2*1-3-7-5-6-8-4-2/h3-10H2,1-2H3;5-8H2,1-4H3;3-8H2,1-2H3;8H,4-7H2,1-3H3;7H,4-6H2,1-3H3;3-7H2,1-2H3;2*3-6H2,1-2H3. The fraction of sp³-hybridized carbons (Fsp3) is 1.00. The van der Waals surface area contributed by atoms with E-state index in [4.69, 9.17) is 80.5 Å². The molecule has 0 rings (SSSR count). The van der Waals surface area contributed by atoms with Crippen molar-refractivity contribution in [3.63, 3.8) is 0 Å². The smallest absolute Gasteiger partial charge is 0.0780 e. The van der Waals surface area contributed by atoms with E-state index in [0.29, 0.717) is 33.0 Å². The van der Waals surface area contributed by atoms with E-state index >= 15 is 0 Å². The zero-order valence-electron chi connectivity index (χ0n) is 55.5. The molecule has 0 fully saturated rings. The van der Waals surface area contributed by atoms with Crippen LogP contribution >= 0.6 is 0 Å². The predicted molar refractivity (Wildman–Crippen MR) is 325 cm³/mol. The van der Waals surface area contributed by atoms with Gasteiger partial charge in [0.1, 0.15) is 0 Å². The molecule has 0 aliphatic rings. The van der Waals surface area contributed by atoms with Crippen molar-refractivity contribution < 1.29 is 80.5 Å². The maximum absolute atomic E-state index is 5.37. The molecule has 0 spiro atoms. The van der Waals surface area contributed by atoms with Gasteiger partial charge in [-0.2, -0.15) is 0 Å². The van der Waals surface area contributed by atoms with Gasteiger partial charge in [-0.3, -0.25) is 0 Å². The molecule has 0 amide bonds. The third-order valence-corrected chi connectivity index (χ3v) is 9.00. The highest BCUT2D eigenvalue weighted by Crippen LogP contribution is 2.15. The van der Waals surface area contributed by atoms with E-state index < -0.39 is 0 Å². The van der Waals surface area contributed by atoms with E-state index in [0.717, 1.165) is 191 Å². The first-order valence-electron chi connectivity index (χ1n) is 30.7. The maximum Gasteiger partial charge on any atom is 0.0780 e. The minimum atomic E-state index is 0.159. The molecule has 484 valence electrons. The fourth-order valence-corrected chi connectivity index (χ4v) is 5.11. The van der Waals surface area contributed by atoms with E-state index in [2.05, 4.69) is 20.8 Å². The van der Waals surface area contributed by atoms with Crippen molar-refractivity contribution in [3.05, 3.63) is 0 Å². The van der Waals surface area contributed by atoms with Gasteiger partial charge in [0.2, 0.25) is 0 Å². The Kier molecular flexibility index (Phi) is 118. The molecule has 78 heavy (non-hydrogen) atoms. The van der Waals surface area contributed by atoms with Crippen molar-refractivity contribution in [2.24, 2.45) is 5.41 Å². The molecule has 0 radical (unpaired) electrons. The molecule has 0 aromatic heterocycles. The zero-order valence-corrected chi connectivity index (χ0v) is 55.5. The summed E-state index contributed by atoms with van der Waals surface area (Å²) in [5.74, 6) is 0. The highest BCUT2D eigenvalue weighted by atomic mass is 16.6. The second kappa shape index (κ2) is 98.4. The molecule has 0 bridgehead atoms. The summed E-state index contributed by atoms with van der Waals surface area (Å²) in [6.45, 7) is 65.2. The Bertz CT molecular complexity index is 802. The van der Waals surface area contributed by atoms with Crippen molar-refractivity contribution >= 4 is 0 Å². The molecule has 2 unspecified atom stereocenters. The van der Waals surface area contributed by atoms with Crippen LogP contribution in [0.25, 0.3) is 0 Å². The van der Waals surface area contributed by atoms with Gasteiger partial charge in [-0.05, 0) is 143 Å². The zero-order chi connectivity index (χ0) is 60.5. The number of rotatable bonds is 50. The van der Waals surface area contributed by atoms with Crippen LogP contribution in [-0.2, 0) is 80.5 Å². The first-order valence-corrected chi connectivity index (χ1v) is 30.7. The Morgan fingerprint density at radius 1 is 0.231 bits per heavy atom. The van der Waals surface area contributed by atoms with Crippen molar-refractivity contribution in [2.75, 3.05) is 211 Å². The molecule has 0 aliphatic heterocycles. The van der Waals surface area contributed by atoms with Crippen LogP contribution in [0.1, 0.15) is 177 Å². The monoisotopic (exact) mass is 1140 g/mol. The average molecular weight is 1140 g/mol. The van der Waals surface area contributed by atoms with Gasteiger partial charge in [-0.25, -0.2) is 0 Å². The predicted octanol–water partition coefficient (Wildman–Crippen LogP) is 12.6. The van der Waals surface area contributed by atoms with Gasteiger partial charge < -0.3 is 80.5 Å². The van der Waals surface area contributed by atoms with Gasteiger partial charge in [0.25, 0.3) is 0 Å². The molecule has 17 nitrogen and oxygen atoms in total. The lowest BCUT2D eigenvalue weighted by Crippen LogP contribution is -2.25. The summed E-state index contributed by atoms with van der Waals surface area (Å²) in [5.41, 5.74) is 0.159. The second-order valence-corrected chi connectivity index (χ2v) is 17.1. The van der Waals surface area contributed by atoms with E-state index in [1.807, 2.05) is 118 Å². The van der Waals surface area contributed by atoms with Crippen LogP contribution in [0.2, 0.25) is 0 Å². The SMILES string of the molecule is CCCOC(C)COCC.CCOCC(C)(C)COCC.CCOCC(C)OCC.CCOCCCCCCOCC.CCOCCCOCC.CCOCCOCC.CCOCCOCC.CCOCCOCCOCC. The first-order chi connectivity index (χ1) is 37.8. The summed E-state index contributed by atoms with van der Waals surface area (Å²) < 4.78 is 87.5. The van der Waals surface area contributed by atoms with Gasteiger partial charge in [0.15, 0.2) is 0 Å². The van der Waals surface area contributed by atoms with Gasteiger partial charge in [-0.15, -0.1) is 0 Å². The molecule has 17 heteroatoms. The van der Waals surface area contributed by atoms with Crippen molar-refractivity contribution in [1.29, 1.82) is 0 Å². The number of hydrogen-bond donors (Lipinski definition) is 0. The summed E-state index contributed by atoms with van der Waals surface area (Å²) >= 11 is 0. The van der Waals surface area contributed by atoms with E-state index in [1.165, 1.54) is 25.7 Å². The lowest BCUT2D eigenvalue weighted by atomic mass is 9.96. The van der Waals surface area contributed by atoms with Crippen molar-refractivity contribution in [2.45, 2.75) is 189 Å². The lowest BCUT2D eigenvalue weighted by molar-refractivity contribution is -0.00295. The summed E-state index contributed by atoms with van der Waals surface area (Å²) in [4.78, 5) is 0. The number of unbranched alkanes of at least 4 members (excludes halogenated alkanes) is 3. The van der Waals surface area contributed by atoms with Gasteiger partial charge in [0, 0.05) is 138 Å². The summed E-state index contributed by atoms with van der Waals surface area (Å²) in [5, 5.41) is 0. The van der Waals surface area contributed by atoms with Gasteiger partial charge >= 0.3 is 0 Å². The van der Waals surface area contributed by atoms with Crippen LogP contribution in [-0.4, -0.2) is 224 Å². The Labute approximate surface area is 485 Å². The van der Waals surface area contributed by atoms with Gasteiger partial charge in [-0.1, -0.05) is 33.6 Å². The largest absolute Gasteiger partial charge is 0.382 e. The normalized spacial score (nSPS) is 11.2. The molecule has 0 aromatic carbocycles. The second-order valence-electron chi connectivity index (χ2n) is 17.1. The Morgan fingerprint density at radius 2 is 0.474 bits per heavy atom. The van der Waals surface area contributed by atoms with E-state index in [1.54, 1.807) is 0 Å². The van der Waals surface area contributed by atoms with Crippen molar-refractivity contribution in [1.82, 2.24) is 0 Å². The molecule has 0 saturated heterocycles. The maximum atomic E-state index is 5.37. The molecule has 0 aromatic rings. The Hall–Kier alpha value is -0.680. The molecule has 0 heterocycles. The van der Waals surface area contributed by atoms with Crippen LogP contribution in [0.3, 0.4) is 0 Å². The molecule has 0 aliphatic carbocycles. The molecular weight excluding hydrogens is 1000 g/mol. The number of ether oxygens (including phenoxy) is 17. The van der Waals surface area contributed by atoms with E-state index in [-0.39, 0.29) is 17.6 Å². The van der Waals surface area contributed by atoms with E-state index in [9.17, 15) is 0 Å². The minimum absolute atomic E-state index is 0.159. The third kappa shape index (κ3) is 127. The number of hydrogen-bond acceptors (Lipinski definition) is 17. The quantitative estimate of drug-likeness (QED) is 0.0529. The molecular formula is C61H138O17. The van der Waals surface area contributed by atoms with Gasteiger partial charge in [0.05, 0.1) is 91.5 Å². The van der Waals surface area contributed by atoms with Crippen LogP contribution in [0.4, 0.5) is 0 Å². The van der Waals surface area contributed by atoms with Crippen LogP contribution in [0.15, 0.2) is 0 Å². The van der Waals surface area contributed by atoms with Crippen molar-refractivity contribution in [3.8, 4) is 0 Å². The molecule has 2 atom stereocenters. The Balaban J connectivity index is -0.000000120. The topological polar surface area (TPSA) is 157 Å². The van der Waals surface area contributed by atoms with Crippen LogP contribution < -0.4 is 0 Å². The molecule has 0 saturated carbocycles. The lowest BCUT2D eigenvalue weighted by Gasteiger charge is -2.23.